The average Bonchev–Trinajstić information content (AvgIpc) is 2.95. The van der Waals surface area contributed by atoms with Crippen LogP contribution in [0.2, 0.25) is 0 Å². The SMILES string of the molecule is CN(CCNCc1ccc(Br)o1)C1CCCC1. The van der Waals surface area contributed by atoms with Gasteiger partial charge in [-0.15, -0.1) is 0 Å². The predicted molar refractivity (Wildman–Crippen MR) is 73.0 cm³/mol. The lowest BCUT2D eigenvalue weighted by Crippen LogP contribution is -2.35. The van der Waals surface area contributed by atoms with Crippen molar-refractivity contribution in [2.24, 2.45) is 0 Å². The monoisotopic (exact) mass is 300 g/mol. The van der Waals surface area contributed by atoms with Crippen molar-refractivity contribution < 1.29 is 4.42 Å². The number of likely N-dealkylation sites (N-methyl/N-ethyl adjacent to an activating group) is 1. The van der Waals surface area contributed by atoms with Crippen LogP contribution in [0.3, 0.4) is 0 Å². The van der Waals surface area contributed by atoms with Gasteiger partial charge in [-0.1, -0.05) is 12.8 Å². The molecule has 0 saturated heterocycles. The van der Waals surface area contributed by atoms with E-state index in [2.05, 4.69) is 33.2 Å². The smallest absolute Gasteiger partial charge is 0.169 e. The number of hydrogen-bond acceptors (Lipinski definition) is 3. The van der Waals surface area contributed by atoms with E-state index in [9.17, 15) is 0 Å². The molecule has 0 radical (unpaired) electrons. The highest BCUT2D eigenvalue weighted by Crippen LogP contribution is 2.21. The topological polar surface area (TPSA) is 28.4 Å². The van der Waals surface area contributed by atoms with Crippen LogP contribution in [0.15, 0.2) is 21.2 Å². The fourth-order valence-electron chi connectivity index (χ4n) is 2.44. The fourth-order valence-corrected chi connectivity index (χ4v) is 2.78. The van der Waals surface area contributed by atoms with Gasteiger partial charge in [0, 0.05) is 19.1 Å². The quantitative estimate of drug-likeness (QED) is 0.819. The number of halogens is 1. The summed E-state index contributed by atoms with van der Waals surface area (Å²) in [5.41, 5.74) is 0. The highest BCUT2D eigenvalue weighted by molar-refractivity contribution is 9.10. The molecular weight excluding hydrogens is 280 g/mol. The van der Waals surface area contributed by atoms with Gasteiger partial charge in [-0.3, -0.25) is 0 Å². The number of furan rings is 1. The number of nitrogens with one attached hydrogen (secondary N) is 1. The summed E-state index contributed by atoms with van der Waals surface area (Å²) in [4.78, 5) is 2.48. The maximum Gasteiger partial charge on any atom is 0.169 e. The number of nitrogens with zero attached hydrogens (tertiary/aromatic N) is 1. The third-order valence-electron chi connectivity index (χ3n) is 3.52. The summed E-state index contributed by atoms with van der Waals surface area (Å²) in [7, 11) is 2.24. The number of hydrogen-bond donors (Lipinski definition) is 1. The minimum atomic E-state index is 0.803. The van der Waals surface area contributed by atoms with E-state index < -0.39 is 0 Å². The second-order valence-corrected chi connectivity index (χ2v) is 5.58. The normalized spacial score (nSPS) is 17.1. The Balaban J connectivity index is 1.59. The van der Waals surface area contributed by atoms with Crippen LogP contribution in [-0.4, -0.2) is 31.1 Å². The maximum atomic E-state index is 5.43. The molecule has 1 aromatic rings. The van der Waals surface area contributed by atoms with Gasteiger partial charge in [-0.25, -0.2) is 0 Å². The molecule has 1 fully saturated rings. The first kappa shape index (κ1) is 13.1. The summed E-state index contributed by atoms with van der Waals surface area (Å²) in [6, 6.07) is 4.74. The summed E-state index contributed by atoms with van der Waals surface area (Å²) in [6.45, 7) is 2.95. The van der Waals surface area contributed by atoms with Crippen molar-refractivity contribution in [3.63, 3.8) is 0 Å². The molecule has 0 unspecified atom stereocenters. The highest BCUT2D eigenvalue weighted by atomic mass is 79.9. The van der Waals surface area contributed by atoms with Crippen LogP contribution in [0, 0.1) is 0 Å². The van der Waals surface area contributed by atoms with Crippen LogP contribution in [0.25, 0.3) is 0 Å². The minimum absolute atomic E-state index is 0.803. The molecule has 0 atom stereocenters. The van der Waals surface area contributed by atoms with E-state index >= 15 is 0 Å². The molecule has 0 aromatic carbocycles. The van der Waals surface area contributed by atoms with E-state index in [0.29, 0.717) is 0 Å². The lowest BCUT2D eigenvalue weighted by molar-refractivity contribution is 0.244. The molecule has 0 spiro atoms. The van der Waals surface area contributed by atoms with Gasteiger partial charge in [0.25, 0.3) is 0 Å². The summed E-state index contributed by atoms with van der Waals surface area (Å²) in [5, 5.41) is 3.41. The molecule has 1 heterocycles. The largest absolute Gasteiger partial charge is 0.453 e. The zero-order valence-electron chi connectivity index (χ0n) is 10.4. The first-order chi connectivity index (χ1) is 8.25. The first-order valence-electron chi connectivity index (χ1n) is 6.41. The van der Waals surface area contributed by atoms with Crippen molar-refractivity contribution in [1.82, 2.24) is 10.2 Å². The van der Waals surface area contributed by atoms with Gasteiger partial charge >= 0.3 is 0 Å². The molecular formula is C13H21BrN2O. The van der Waals surface area contributed by atoms with Gasteiger partial charge in [-0.05, 0) is 48.0 Å². The Morgan fingerprint density at radius 3 is 2.82 bits per heavy atom. The van der Waals surface area contributed by atoms with E-state index in [4.69, 9.17) is 4.42 Å². The highest BCUT2D eigenvalue weighted by Gasteiger charge is 2.18. The van der Waals surface area contributed by atoms with Gasteiger partial charge in [0.15, 0.2) is 4.67 Å². The molecule has 96 valence electrons. The van der Waals surface area contributed by atoms with E-state index in [1.54, 1.807) is 0 Å². The van der Waals surface area contributed by atoms with Crippen LogP contribution in [-0.2, 0) is 6.54 Å². The van der Waals surface area contributed by atoms with Crippen molar-refractivity contribution in [3.8, 4) is 0 Å². The third-order valence-corrected chi connectivity index (χ3v) is 3.94. The predicted octanol–water partition coefficient (Wildman–Crippen LogP) is 3.01. The lowest BCUT2D eigenvalue weighted by atomic mass is 10.2. The molecule has 1 aliphatic rings. The van der Waals surface area contributed by atoms with Crippen molar-refractivity contribution in [3.05, 3.63) is 22.6 Å². The van der Waals surface area contributed by atoms with Crippen molar-refractivity contribution in [2.75, 3.05) is 20.1 Å². The second kappa shape index (κ2) is 6.57. The summed E-state index contributed by atoms with van der Waals surface area (Å²) in [5.74, 6) is 0.986. The molecule has 1 aliphatic carbocycles. The average molecular weight is 301 g/mol. The standard InChI is InChI=1S/C13H21BrN2O/c1-16(11-4-2-3-5-11)9-8-15-10-12-6-7-13(14)17-12/h6-7,11,15H,2-5,8-10H2,1H3. The summed E-state index contributed by atoms with van der Waals surface area (Å²) < 4.78 is 6.23. The van der Waals surface area contributed by atoms with E-state index in [1.165, 1.54) is 25.7 Å². The molecule has 17 heavy (non-hydrogen) atoms. The first-order valence-corrected chi connectivity index (χ1v) is 7.20. The maximum absolute atomic E-state index is 5.43. The van der Waals surface area contributed by atoms with Gasteiger partial charge in [0.2, 0.25) is 0 Å². The van der Waals surface area contributed by atoms with E-state index in [-0.39, 0.29) is 0 Å². The summed E-state index contributed by atoms with van der Waals surface area (Å²) in [6.07, 6.45) is 5.56. The molecule has 1 aromatic heterocycles. The molecule has 2 rings (SSSR count). The van der Waals surface area contributed by atoms with Crippen molar-refractivity contribution in [1.29, 1.82) is 0 Å². The van der Waals surface area contributed by atoms with Crippen LogP contribution >= 0.6 is 15.9 Å². The lowest BCUT2D eigenvalue weighted by Gasteiger charge is -2.23. The third kappa shape index (κ3) is 4.12. The molecule has 0 bridgehead atoms. The Labute approximate surface area is 112 Å². The Morgan fingerprint density at radius 1 is 1.41 bits per heavy atom. The Hall–Kier alpha value is -0.320. The van der Waals surface area contributed by atoms with Gasteiger partial charge < -0.3 is 14.6 Å². The minimum Gasteiger partial charge on any atom is -0.453 e. The summed E-state index contributed by atoms with van der Waals surface area (Å²) >= 11 is 3.31. The molecule has 0 amide bonds. The molecule has 3 nitrogen and oxygen atoms in total. The van der Waals surface area contributed by atoms with Crippen molar-refractivity contribution in [2.45, 2.75) is 38.3 Å². The Kier molecular flexibility index (Phi) is 5.07. The van der Waals surface area contributed by atoms with Crippen molar-refractivity contribution >= 4 is 15.9 Å². The van der Waals surface area contributed by atoms with Crippen LogP contribution in [0.4, 0.5) is 0 Å². The van der Waals surface area contributed by atoms with Crippen LogP contribution in [0.5, 0.6) is 0 Å². The van der Waals surface area contributed by atoms with Crippen LogP contribution in [0.1, 0.15) is 31.4 Å². The van der Waals surface area contributed by atoms with Crippen LogP contribution < -0.4 is 5.32 Å². The van der Waals surface area contributed by atoms with E-state index in [0.717, 1.165) is 36.1 Å². The van der Waals surface area contributed by atoms with Gasteiger partial charge in [0.05, 0.1) is 6.54 Å². The fraction of sp³-hybridized carbons (Fsp3) is 0.692. The number of rotatable bonds is 6. The molecule has 4 heteroatoms. The Morgan fingerprint density at radius 2 is 2.18 bits per heavy atom. The Bertz CT molecular complexity index is 334. The van der Waals surface area contributed by atoms with Gasteiger partial charge in [-0.2, -0.15) is 0 Å². The zero-order valence-corrected chi connectivity index (χ0v) is 12.0. The molecule has 0 aliphatic heterocycles. The molecule has 1 N–H and O–H groups in total. The molecule has 1 saturated carbocycles. The zero-order chi connectivity index (χ0) is 12.1. The second-order valence-electron chi connectivity index (χ2n) is 4.80. The van der Waals surface area contributed by atoms with E-state index in [1.807, 2.05) is 12.1 Å². The van der Waals surface area contributed by atoms with Gasteiger partial charge in [0.1, 0.15) is 5.76 Å².